The third-order valence-corrected chi connectivity index (χ3v) is 11.0. The lowest BCUT2D eigenvalue weighted by Gasteiger charge is -2.34. The highest BCUT2D eigenvalue weighted by Crippen LogP contribution is 2.38. The molecular weight excluding hydrogens is 616 g/mol. The van der Waals surface area contributed by atoms with Crippen molar-refractivity contribution in [2.24, 2.45) is 17.0 Å². The summed E-state index contributed by atoms with van der Waals surface area (Å²) < 4.78 is 3.82. The van der Waals surface area contributed by atoms with Crippen LogP contribution in [0.3, 0.4) is 0 Å². The Balaban J connectivity index is 1.29. The third-order valence-electron chi connectivity index (χ3n) is 11.0. The summed E-state index contributed by atoms with van der Waals surface area (Å²) in [5.74, 6) is 2.01. The van der Waals surface area contributed by atoms with Crippen LogP contribution in [0.5, 0.6) is 0 Å². The fraction of sp³-hybridized carbons (Fsp3) is 0.538. The second-order valence-corrected chi connectivity index (χ2v) is 14.7. The minimum absolute atomic E-state index is 0.0367. The molecule has 0 saturated heterocycles. The molecule has 0 bridgehead atoms. The van der Waals surface area contributed by atoms with Crippen molar-refractivity contribution in [1.82, 2.24) is 24.1 Å². The van der Waals surface area contributed by atoms with Crippen LogP contribution in [-0.2, 0) is 17.7 Å². The van der Waals surface area contributed by atoms with E-state index in [0.29, 0.717) is 24.0 Å². The van der Waals surface area contributed by atoms with Gasteiger partial charge >= 0.3 is 6.41 Å². The molecule has 3 heterocycles. The maximum Gasteiger partial charge on any atom is 0.307 e. The van der Waals surface area contributed by atoms with Gasteiger partial charge in [0.1, 0.15) is 6.33 Å². The molecule has 0 amide bonds. The topological polar surface area (TPSA) is 117 Å². The van der Waals surface area contributed by atoms with E-state index in [2.05, 4.69) is 66.3 Å². The monoisotopic (exact) mass is 668 g/mol. The molecule has 0 radical (unpaired) electrons. The van der Waals surface area contributed by atoms with Gasteiger partial charge in [0.05, 0.1) is 11.3 Å². The first kappa shape index (κ1) is 34.8. The number of aliphatic hydroxyl groups excluding tert-OH is 1. The maximum absolute atomic E-state index is 14.5. The van der Waals surface area contributed by atoms with E-state index in [4.69, 9.17) is 4.84 Å². The first-order valence-electron chi connectivity index (χ1n) is 18.1. The molecule has 49 heavy (non-hydrogen) atoms. The van der Waals surface area contributed by atoms with Gasteiger partial charge in [0.25, 0.3) is 5.56 Å². The second kappa shape index (κ2) is 14.5. The lowest BCUT2D eigenvalue weighted by molar-refractivity contribution is -0.154. The van der Waals surface area contributed by atoms with Crippen molar-refractivity contribution in [3.8, 4) is 11.1 Å². The molecule has 10 heteroatoms. The van der Waals surface area contributed by atoms with E-state index in [-0.39, 0.29) is 23.6 Å². The smallest absolute Gasteiger partial charge is 0.307 e. The quantitative estimate of drug-likeness (QED) is 0.173. The molecule has 10 nitrogen and oxygen atoms in total. The molecule has 3 unspecified atom stereocenters. The largest absolute Gasteiger partial charge is 0.390 e. The van der Waals surface area contributed by atoms with Gasteiger partial charge in [-0.2, -0.15) is 10.1 Å². The number of benzene rings is 2. The zero-order valence-electron chi connectivity index (χ0n) is 29.8. The van der Waals surface area contributed by atoms with Crippen molar-refractivity contribution in [3.05, 3.63) is 87.6 Å². The molecule has 1 saturated carbocycles. The summed E-state index contributed by atoms with van der Waals surface area (Å²) in [6.45, 7) is 12.2. The zero-order valence-corrected chi connectivity index (χ0v) is 29.8. The number of nitrogens with zero attached hydrogens (tertiary/aromatic N) is 6. The van der Waals surface area contributed by atoms with E-state index < -0.39 is 12.0 Å². The highest BCUT2D eigenvalue weighted by Gasteiger charge is 2.34. The summed E-state index contributed by atoms with van der Waals surface area (Å²) in [5, 5.41) is 29.9. The molecule has 2 N–H and O–H groups in total. The van der Waals surface area contributed by atoms with E-state index in [0.717, 1.165) is 84.9 Å². The minimum atomic E-state index is -1.11. The number of amidine groups is 1. The molecule has 1 aliphatic heterocycles. The maximum atomic E-state index is 14.5. The summed E-state index contributed by atoms with van der Waals surface area (Å²) in [6.07, 6.45) is 8.29. The van der Waals surface area contributed by atoms with Crippen molar-refractivity contribution < 1.29 is 15.1 Å². The fourth-order valence-corrected chi connectivity index (χ4v) is 7.55. The van der Waals surface area contributed by atoms with Crippen molar-refractivity contribution in [1.29, 1.82) is 0 Å². The van der Waals surface area contributed by atoms with Gasteiger partial charge in [-0.05, 0) is 94.2 Å². The molecule has 2 aliphatic rings. The van der Waals surface area contributed by atoms with E-state index >= 15 is 0 Å². The van der Waals surface area contributed by atoms with Gasteiger partial charge in [0, 0.05) is 29.6 Å². The molecule has 4 aromatic rings. The van der Waals surface area contributed by atoms with Crippen LogP contribution < -0.4 is 5.56 Å². The van der Waals surface area contributed by atoms with E-state index in [9.17, 15) is 15.0 Å². The van der Waals surface area contributed by atoms with Crippen LogP contribution in [0.2, 0.25) is 0 Å². The van der Waals surface area contributed by atoms with Crippen LogP contribution in [0.25, 0.3) is 16.9 Å². The number of hydrogen-bond acceptors (Lipinski definition) is 8. The van der Waals surface area contributed by atoms with Crippen molar-refractivity contribution in [2.75, 3.05) is 0 Å². The highest BCUT2D eigenvalue weighted by molar-refractivity contribution is 6.04. The summed E-state index contributed by atoms with van der Waals surface area (Å²) in [4.78, 5) is 26.2. The molecule has 2 aromatic carbocycles. The molecule has 6 rings (SSSR count). The average molecular weight is 669 g/mol. The summed E-state index contributed by atoms with van der Waals surface area (Å²) in [7, 11) is 0. The van der Waals surface area contributed by atoms with Crippen LogP contribution in [0.1, 0.15) is 115 Å². The van der Waals surface area contributed by atoms with E-state index in [1.54, 1.807) is 6.33 Å². The van der Waals surface area contributed by atoms with Gasteiger partial charge in [0.2, 0.25) is 5.78 Å². The van der Waals surface area contributed by atoms with Crippen molar-refractivity contribution in [3.63, 3.8) is 0 Å². The molecular formula is C39H52N6O4. The fourth-order valence-electron chi connectivity index (χ4n) is 7.55. The molecule has 1 aliphatic carbocycles. The standard InChI is InChI=1S/C39H52N6O4/c1-7-11-34-33(36(46)44(37-40-24-41-45(34)37)30-20-16-27(17-21-30)22-25(3)39(5,6)48)23-28-14-18-29(19-15-28)31-12-9-10-13-32(31)35-42-49-38(47)43(35)26(4)8-2/h9-10,12-15,18-19,24-27,30,38,47-48H,7-8,11,16-17,20-23H2,1-6H3. The van der Waals surface area contributed by atoms with Gasteiger partial charge in [0.15, 0.2) is 5.84 Å². The second-order valence-electron chi connectivity index (χ2n) is 14.7. The molecule has 1 fully saturated rings. The Labute approximate surface area is 289 Å². The first-order valence-corrected chi connectivity index (χ1v) is 18.1. The van der Waals surface area contributed by atoms with E-state index in [1.165, 1.54) is 0 Å². The Morgan fingerprint density at radius 3 is 2.35 bits per heavy atom. The van der Waals surface area contributed by atoms with Gasteiger partial charge in [-0.15, -0.1) is 0 Å². The number of aryl methyl sites for hydroxylation is 1. The SMILES string of the molecule is CCCc1c(Cc2ccc(-c3ccccc3C3=NOC(O)N3C(C)CC)cc2)c(=O)n(C2CCC(CC(C)C(C)(C)O)CC2)c2ncnn12. The Morgan fingerprint density at radius 1 is 1.00 bits per heavy atom. The van der Waals surface area contributed by atoms with Crippen LogP contribution in [0, 0.1) is 11.8 Å². The van der Waals surface area contributed by atoms with Gasteiger partial charge < -0.3 is 15.1 Å². The predicted molar refractivity (Wildman–Crippen MR) is 192 cm³/mol. The first-order chi connectivity index (χ1) is 23.5. The number of oxime groups is 1. The number of fused-ring (bicyclic) bond motifs is 1. The Hall–Kier alpha value is -4.02. The van der Waals surface area contributed by atoms with Crippen molar-refractivity contribution >= 4 is 11.6 Å². The van der Waals surface area contributed by atoms with Crippen LogP contribution >= 0.6 is 0 Å². The molecule has 262 valence electrons. The van der Waals surface area contributed by atoms with Crippen LogP contribution in [-0.4, -0.2) is 58.2 Å². The summed E-state index contributed by atoms with van der Waals surface area (Å²) >= 11 is 0. The zero-order chi connectivity index (χ0) is 34.9. The highest BCUT2D eigenvalue weighted by atomic mass is 16.7. The Morgan fingerprint density at radius 2 is 1.69 bits per heavy atom. The third kappa shape index (κ3) is 7.03. The molecule has 3 atom stereocenters. The predicted octanol–water partition coefficient (Wildman–Crippen LogP) is 6.70. The molecule has 0 spiro atoms. The number of rotatable bonds is 12. The Kier molecular flexibility index (Phi) is 10.3. The number of aromatic nitrogens is 4. The van der Waals surface area contributed by atoms with Gasteiger partial charge in [-0.25, -0.2) is 4.52 Å². The lowest BCUT2D eigenvalue weighted by atomic mass is 9.77. The van der Waals surface area contributed by atoms with Gasteiger partial charge in [-0.3, -0.25) is 14.3 Å². The molecule has 2 aromatic heterocycles. The van der Waals surface area contributed by atoms with Crippen LogP contribution in [0.4, 0.5) is 0 Å². The summed E-state index contributed by atoms with van der Waals surface area (Å²) in [5.41, 5.74) is 5.00. The van der Waals surface area contributed by atoms with Crippen LogP contribution in [0.15, 0.2) is 64.8 Å². The van der Waals surface area contributed by atoms with Crippen molar-refractivity contribution in [2.45, 2.75) is 123 Å². The number of hydrogen-bond donors (Lipinski definition) is 2. The minimum Gasteiger partial charge on any atom is -0.390 e. The Bertz CT molecular complexity index is 1830. The van der Waals surface area contributed by atoms with Gasteiger partial charge in [-0.1, -0.05) is 80.9 Å². The lowest BCUT2D eigenvalue weighted by Crippen LogP contribution is -2.42. The number of aliphatic hydroxyl groups is 2. The summed E-state index contributed by atoms with van der Waals surface area (Å²) in [6, 6.07) is 16.5. The average Bonchev–Trinajstić information content (AvgIpc) is 3.73. The normalized spacial score (nSPS) is 21.1. The van der Waals surface area contributed by atoms with E-state index in [1.807, 2.05) is 53.0 Å².